The number of carbonyl (C=O) groups is 1. The van der Waals surface area contributed by atoms with Crippen LogP contribution in [0.15, 0.2) is 0 Å². The molecule has 0 amide bonds. The number of nitrogen functional groups attached to an aromatic ring is 1. The first-order valence-electron chi connectivity index (χ1n) is 5.62. The lowest BCUT2D eigenvalue weighted by Crippen LogP contribution is -2.21. The minimum absolute atomic E-state index is 0.0314. The highest BCUT2D eigenvalue weighted by atomic mass is 32.1. The molecule has 1 unspecified atom stereocenters. The summed E-state index contributed by atoms with van der Waals surface area (Å²) in [5, 5.41) is 4.17. The van der Waals surface area contributed by atoms with Crippen molar-refractivity contribution in [3.8, 4) is 5.75 Å². The maximum atomic E-state index is 11.4. The summed E-state index contributed by atoms with van der Waals surface area (Å²) in [6.07, 6.45) is 0. The Hall–Kier alpha value is -1.23. The molecule has 0 saturated heterocycles. The third-order valence-electron chi connectivity index (χ3n) is 2.78. The van der Waals surface area contributed by atoms with E-state index in [0.29, 0.717) is 28.3 Å². The first-order valence-corrected chi connectivity index (χ1v) is 6.43. The van der Waals surface area contributed by atoms with Gasteiger partial charge >= 0.3 is 0 Å². The summed E-state index contributed by atoms with van der Waals surface area (Å²) in [5.74, 6) is 1.03. The molecule has 0 spiro atoms. The number of nitrogens with two attached hydrogens (primary N) is 1. The standard InChI is InChI=1S/C12H20N2O2S/c1-6(2)7(3)14-12-10(16-5)9(13)11(17-12)8(4)15/h6-7,14H,13H2,1-5H3. The van der Waals surface area contributed by atoms with E-state index in [0.717, 1.165) is 5.00 Å². The molecule has 0 aliphatic carbocycles. The fourth-order valence-corrected chi connectivity index (χ4v) is 2.44. The Balaban J connectivity index is 3.07. The van der Waals surface area contributed by atoms with Gasteiger partial charge in [0.1, 0.15) is 5.00 Å². The summed E-state index contributed by atoms with van der Waals surface area (Å²) < 4.78 is 5.26. The molecular formula is C12H20N2O2S. The third-order valence-corrected chi connectivity index (χ3v) is 4.00. The third kappa shape index (κ3) is 2.91. The van der Waals surface area contributed by atoms with Crippen LogP contribution < -0.4 is 15.8 Å². The van der Waals surface area contributed by atoms with Gasteiger partial charge in [-0.3, -0.25) is 4.79 Å². The molecule has 17 heavy (non-hydrogen) atoms. The largest absolute Gasteiger partial charge is 0.492 e. The summed E-state index contributed by atoms with van der Waals surface area (Å²) in [6.45, 7) is 7.87. The fourth-order valence-electron chi connectivity index (χ4n) is 1.36. The lowest BCUT2D eigenvalue weighted by molar-refractivity contribution is 0.102. The van der Waals surface area contributed by atoms with Crippen molar-refractivity contribution in [3.05, 3.63) is 4.88 Å². The lowest BCUT2D eigenvalue weighted by Gasteiger charge is -2.18. The molecule has 0 bridgehead atoms. The predicted molar refractivity (Wildman–Crippen MR) is 73.2 cm³/mol. The molecular weight excluding hydrogens is 236 g/mol. The fraction of sp³-hybridized carbons (Fsp3) is 0.583. The van der Waals surface area contributed by atoms with E-state index in [1.807, 2.05) is 0 Å². The number of ketones is 1. The Morgan fingerprint density at radius 1 is 1.41 bits per heavy atom. The second-order valence-electron chi connectivity index (χ2n) is 4.44. The van der Waals surface area contributed by atoms with Crippen molar-refractivity contribution in [1.29, 1.82) is 0 Å². The van der Waals surface area contributed by atoms with Crippen molar-refractivity contribution in [2.24, 2.45) is 5.92 Å². The van der Waals surface area contributed by atoms with Gasteiger partial charge in [0.25, 0.3) is 0 Å². The Bertz CT molecular complexity index is 413. The highest BCUT2D eigenvalue weighted by Gasteiger charge is 2.21. The summed E-state index contributed by atoms with van der Waals surface area (Å²) in [5.41, 5.74) is 6.33. The molecule has 0 aromatic carbocycles. The van der Waals surface area contributed by atoms with Gasteiger partial charge in [0.15, 0.2) is 11.5 Å². The van der Waals surface area contributed by atoms with Crippen LogP contribution in [-0.4, -0.2) is 18.9 Å². The average Bonchev–Trinajstić information content (AvgIpc) is 2.54. The van der Waals surface area contributed by atoms with Gasteiger partial charge in [0.2, 0.25) is 0 Å². The SMILES string of the molecule is COc1c(NC(C)C(C)C)sc(C(C)=O)c1N. The predicted octanol–water partition coefficient (Wildman–Crippen LogP) is 3.00. The number of carbonyl (C=O) groups excluding carboxylic acids is 1. The van der Waals surface area contributed by atoms with E-state index in [4.69, 9.17) is 10.5 Å². The van der Waals surface area contributed by atoms with Crippen LogP contribution in [0.3, 0.4) is 0 Å². The Labute approximate surface area is 106 Å². The van der Waals surface area contributed by atoms with Crippen LogP contribution in [0.25, 0.3) is 0 Å². The zero-order valence-corrected chi connectivity index (χ0v) is 11.8. The van der Waals surface area contributed by atoms with E-state index >= 15 is 0 Å². The van der Waals surface area contributed by atoms with Gasteiger partial charge in [-0.25, -0.2) is 0 Å². The number of Topliss-reactive ketones (excluding diaryl/α,β-unsaturated/α-hetero) is 1. The number of hydrogen-bond donors (Lipinski definition) is 2. The van der Waals surface area contributed by atoms with Gasteiger partial charge in [-0.2, -0.15) is 0 Å². The van der Waals surface area contributed by atoms with Gasteiger partial charge in [-0.1, -0.05) is 13.8 Å². The van der Waals surface area contributed by atoms with Gasteiger partial charge in [0.05, 0.1) is 17.7 Å². The van der Waals surface area contributed by atoms with Crippen LogP contribution in [0.5, 0.6) is 5.75 Å². The molecule has 96 valence electrons. The van der Waals surface area contributed by atoms with Crippen LogP contribution in [0.2, 0.25) is 0 Å². The molecule has 0 aliphatic rings. The first kappa shape index (κ1) is 13.8. The monoisotopic (exact) mass is 256 g/mol. The maximum Gasteiger partial charge on any atom is 0.176 e. The van der Waals surface area contributed by atoms with Crippen molar-refractivity contribution >= 4 is 27.8 Å². The zero-order valence-electron chi connectivity index (χ0n) is 11.0. The van der Waals surface area contributed by atoms with Crippen molar-refractivity contribution in [2.75, 3.05) is 18.2 Å². The number of anilines is 2. The number of methoxy groups -OCH3 is 1. The number of nitrogens with one attached hydrogen (secondary N) is 1. The van der Waals surface area contributed by atoms with Crippen molar-refractivity contribution in [3.63, 3.8) is 0 Å². The quantitative estimate of drug-likeness (QED) is 0.795. The number of rotatable bonds is 5. The molecule has 0 radical (unpaired) electrons. The molecule has 1 heterocycles. The Morgan fingerprint density at radius 3 is 2.41 bits per heavy atom. The number of ether oxygens (including phenoxy) is 1. The topological polar surface area (TPSA) is 64.3 Å². The molecule has 1 rings (SSSR count). The normalized spacial score (nSPS) is 12.6. The lowest BCUT2D eigenvalue weighted by atomic mass is 10.1. The minimum Gasteiger partial charge on any atom is -0.492 e. The van der Waals surface area contributed by atoms with Crippen LogP contribution in [0.4, 0.5) is 10.7 Å². The molecule has 3 N–H and O–H groups in total. The van der Waals surface area contributed by atoms with Crippen LogP contribution in [-0.2, 0) is 0 Å². The van der Waals surface area contributed by atoms with E-state index in [9.17, 15) is 4.79 Å². The number of thiophene rings is 1. The molecule has 0 fully saturated rings. The van der Waals surface area contributed by atoms with Crippen LogP contribution in [0, 0.1) is 5.92 Å². The molecule has 1 aromatic heterocycles. The van der Waals surface area contributed by atoms with Gasteiger partial charge in [-0.15, -0.1) is 11.3 Å². The highest BCUT2D eigenvalue weighted by molar-refractivity contribution is 7.19. The van der Waals surface area contributed by atoms with Crippen LogP contribution in [0.1, 0.15) is 37.4 Å². The Morgan fingerprint density at radius 2 is 2.00 bits per heavy atom. The van der Waals surface area contributed by atoms with E-state index in [1.165, 1.54) is 18.3 Å². The molecule has 1 aromatic rings. The Kier molecular flexibility index (Phi) is 4.40. The molecule has 5 heteroatoms. The van der Waals surface area contributed by atoms with Crippen molar-refractivity contribution in [2.45, 2.75) is 33.7 Å². The average molecular weight is 256 g/mol. The highest BCUT2D eigenvalue weighted by Crippen LogP contribution is 2.43. The number of hydrogen-bond acceptors (Lipinski definition) is 5. The van der Waals surface area contributed by atoms with E-state index < -0.39 is 0 Å². The van der Waals surface area contributed by atoms with E-state index in [2.05, 4.69) is 26.1 Å². The summed E-state index contributed by atoms with van der Waals surface area (Å²) in [7, 11) is 1.56. The molecule has 0 saturated carbocycles. The maximum absolute atomic E-state index is 11.4. The van der Waals surface area contributed by atoms with Crippen molar-refractivity contribution in [1.82, 2.24) is 0 Å². The summed E-state index contributed by atoms with van der Waals surface area (Å²) in [6, 6.07) is 0.293. The minimum atomic E-state index is -0.0314. The summed E-state index contributed by atoms with van der Waals surface area (Å²) in [4.78, 5) is 12.0. The van der Waals surface area contributed by atoms with Gasteiger partial charge in [0, 0.05) is 13.0 Å². The van der Waals surface area contributed by atoms with E-state index in [1.54, 1.807) is 7.11 Å². The van der Waals surface area contributed by atoms with Crippen LogP contribution >= 0.6 is 11.3 Å². The van der Waals surface area contributed by atoms with Gasteiger partial charge < -0.3 is 15.8 Å². The molecule has 1 atom stereocenters. The van der Waals surface area contributed by atoms with E-state index in [-0.39, 0.29) is 5.78 Å². The molecule has 4 nitrogen and oxygen atoms in total. The second kappa shape index (κ2) is 5.40. The van der Waals surface area contributed by atoms with Crippen molar-refractivity contribution < 1.29 is 9.53 Å². The molecule has 0 aliphatic heterocycles. The smallest absolute Gasteiger partial charge is 0.176 e. The second-order valence-corrected chi connectivity index (χ2v) is 5.46. The summed E-state index contributed by atoms with van der Waals surface area (Å²) >= 11 is 1.35. The first-order chi connectivity index (χ1) is 7.88. The van der Waals surface area contributed by atoms with Gasteiger partial charge in [-0.05, 0) is 12.8 Å². The zero-order chi connectivity index (χ0) is 13.2.